The van der Waals surface area contributed by atoms with Gasteiger partial charge in [0.25, 0.3) is 0 Å². The molecule has 0 radical (unpaired) electrons. The van der Waals surface area contributed by atoms with Crippen molar-refractivity contribution in [3.63, 3.8) is 0 Å². The molecule has 0 saturated carbocycles. The highest BCUT2D eigenvalue weighted by Gasteiger charge is 2.20. The van der Waals surface area contributed by atoms with Gasteiger partial charge in [-0.3, -0.25) is 4.79 Å². The van der Waals surface area contributed by atoms with E-state index in [1.807, 2.05) is 32.0 Å². The molecule has 0 aliphatic rings. The minimum absolute atomic E-state index is 0.0140. The maximum atomic E-state index is 13.1. The lowest BCUT2D eigenvalue weighted by Gasteiger charge is -2.19. The fourth-order valence-corrected chi connectivity index (χ4v) is 3.69. The van der Waals surface area contributed by atoms with Crippen molar-refractivity contribution in [1.82, 2.24) is 0 Å². The van der Waals surface area contributed by atoms with Gasteiger partial charge in [-0.25, -0.2) is 0 Å². The Kier molecular flexibility index (Phi) is 5.81. The minimum Gasteiger partial charge on any atom is -0.507 e. The van der Waals surface area contributed by atoms with Gasteiger partial charge in [-0.2, -0.15) is 0 Å². The Morgan fingerprint density at radius 1 is 0.926 bits per heavy atom. The molecule has 27 heavy (non-hydrogen) atoms. The molecular weight excluding hydrogens is 400 g/mol. The summed E-state index contributed by atoms with van der Waals surface area (Å²) in [6.07, 6.45) is 0.384. The van der Waals surface area contributed by atoms with Crippen LogP contribution >= 0.6 is 15.9 Å². The average Bonchev–Trinajstić information content (AvgIpc) is 2.64. The lowest BCUT2D eigenvalue weighted by molar-refractivity contribution is 0.0977. The Balaban J connectivity index is 1.98. The fourth-order valence-electron chi connectivity index (χ4n) is 3.43. The number of hydrogen-bond acceptors (Lipinski definition) is 2. The average molecular weight is 423 g/mol. The van der Waals surface area contributed by atoms with E-state index < -0.39 is 0 Å². The molecule has 138 valence electrons. The van der Waals surface area contributed by atoms with Crippen LogP contribution in [-0.4, -0.2) is 10.9 Å². The zero-order valence-electron chi connectivity index (χ0n) is 15.8. The molecule has 0 aliphatic heterocycles. The molecule has 3 heteroatoms. The van der Waals surface area contributed by atoms with Crippen LogP contribution in [0.4, 0.5) is 0 Å². The van der Waals surface area contributed by atoms with Gasteiger partial charge < -0.3 is 5.11 Å². The first-order chi connectivity index (χ1) is 12.8. The molecular formula is C24H23BrO2. The van der Waals surface area contributed by atoms with Crippen LogP contribution in [0.3, 0.4) is 0 Å². The Morgan fingerprint density at radius 3 is 2.15 bits per heavy atom. The number of halogens is 1. The SMILES string of the molecule is Cc1cccc(C(CC(=O)c2cc(C)c(O)c(C)c2)c2ccc(Br)cc2)c1. The highest BCUT2D eigenvalue weighted by molar-refractivity contribution is 9.10. The van der Waals surface area contributed by atoms with E-state index in [0.29, 0.717) is 12.0 Å². The summed E-state index contributed by atoms with van der Waals surface area (Å²) in [7, 11) is 0. The van der Waals surface area contributed by atoms with Crippen molar-refractivity contribution in [2.45, 2.75) is 33.1 Å². The Hall–Kier alpha value is -2.39. The first-order valence-electron chi connectivity index (χ1n) is 9.00. The predicted molar refractivity (Wildman–Crippen MR) is 114 cm³/mol. The molecule has 3 aromatic rings. The van der Waals surface area contributed by atoms with E-state index in [9.17, 15) is 9.90 Å². The summed E-state index contributed by atoms with van der Waals surface area (Å²) in [5.74, 6) is 0.324. The van der Waals surface area contributed by atoms with Crippen LogP contribution in [0.15, 0.2) is 65.1 Å². The molecule has 0 fully saturated rings. The van der Waals surface area contributed by atoms with Crippen LogP contribution in [0.5, 0.6) is 5.75 Å². The summed E-state index contributed by atoms with van der Waals surface area (Å²) in [6, 6.07) is 20.0. The fraction of sp³-hybridized carbons (Fsp3) is 0.208. The smallest absolute Gasteiger partial charge is 0.163 e. The number of aryl methyl sites for hydroxylation is 3. The van der Waals surface area contributed by atoms with Crippen molar-refractivity contribution in [1.29, 1.82) is 0 Å². The summed E-state index contributed by atoms with van der Waals surface area (Å²) in [4.78, 5) is 13.1. The molecule has 1 N–H and O–H groups in total. The van der Waals surface area contributed by atoms with Crippen LogP contribution < -0.4 is 0 Å². The molecule has 2 nitrogen and oxygen atoms in total. The van der Waals surface area contributed by atoms with Crippen molar-refractivity contribution < 1.29 is 9.90 Å². The summed E-state index contributed by atoms with van der Waals surface area (Å²) < 4.78 is 1.02. The first kappa shape index (κ1) is 19.4. The third kappa shape index (κ3) is 4.48. The zero-order valence-corrected chi connectivity index (χ0v) is 17.4. The number of carbonyl (C=O) groups excluding carboxylic acids is 1. The molecule has 0 saturated heterocycles. The van der Waals surface area contributed by atoms with Gasteiger partial charge in [0, 0.05) is 22.4 Å². The lowest BCUT2D eigenvalue weighted by Crippen LogP contribution is -2.10. The number of carbonyl (C=O) groups is 1. The molecule has 0 spiro atoms. The van der Waals surface area contributed by atoms with Crippen molar-refractivity contribution >= 4 is 21.7 Å². The number of ketones is 1. The van der Waals surface area contributed by atoms with Gasteiger partial charge in [0.05, 0.1) is 0 Å². The summed E-state index contributed by atoms with van der Waals surface area (Å²) >= 11 is 3.48. The monoisotopic (exact) mass is 422 g/mol. The van der Waals surface area contributed by atoms with E-state index in [-0.39, 0.29) is 17.5 Å². The van der Waals surface area contributed by atoms with Crippen LogP contribution in [0.1, 0.15) is 50.5 Å². The summed E-state index contributed by atoms with van der Waals surface area (Å²) in [5, 5.41) is 9.99. The van der Waals surface area contributed by atoms with Gasteiger partial charge in [-0.05, 0) is 67.3 Å². The van der Waals surface area contributed by atoms with Gasteiger partial charge in [0.2, 0.25) is 0 Å². The second kappa shape index (κ2) is 8.10. The van der Waals surface area contributed by atoms with Gasteiger partial charge in [-0.15, -0.1) is 0 Å². The largest absolute Gasteiger partial charge is 0.507 e. The Morgan fingerprint density at radius 2 is 1.56 bits per heavy atom. The molecule has 3 rings (SSSR count). The number of benzene rings is 3. The van der Waals surface area contributed by atoms with E-state index in [1.54, 1.807) is 12.1 Å². The Bertz CT molecular complexity index is 951. The second-order valence-electron chi connectivity index (χ2n) is 7.10. The van der Waals surface area contributed by atoms with Crippen LogP contribution in [0, 0.1) is 20.8 Å². The number of aromatic hydroxyl groups is 1. The molecule has 1 atom stereocenters. The molecule has 0 heterocycles. The maximum Gasteiger partial charge on any atom is 0.163 e. The summed E-state index contributed by atoms with van der Waals surface area (Å²) in [5.41, 5.74) is 5.54. The van der Waals surface area contributed by atoms with E-state index in [1.165, 1.54) is 5.56 Å². The maximum absolute atomic E-state index is 13.1. The van der Waals surface area contributed by atoms with E-state index in [4.69, 9.17) is 0 Å². The lowest BCUT2D eigenvalue weighted by atomic mass is 9.85. The van der Waals surface area contributed by atoms with Crippen molar-refractivity contribution in [2.75, 3.05) is 0 Å². The number of hydrogen-bond donors (Lipinski definition) is 1. The van der Waals surface area contributed by atoms with Crippen LogP contribution in [0.25, 0.3) is 0 Å². The number of phenols is 1. The second-order valence-corrected chi connectivity index (χ2v) is 8.02. The molecule has 0 aliphatic carbocycles. The van der Waals surface area contributed by atoms with Gasteiger partial charge in [0.1, 0.15) is 5.75 Å². The normalized spacial score (nSPS) is 12.0. The summed E-state index contributed by atoms with van der Waals surface area (Å²) in [6.45, 7) is 5.72. The molecule has 3 aromatic carbocycles. The third-order valence-corrected chi connectivity index (χ3v) is 5.45. The van der Waals surface area contributed by atoms with Crippen molar-refractivity contribution in [3.8, 4) is 5.75 Å². The minimum atomic E-state index is -0.0140. The van der Waals surface area contributed by atoms with Crippen molar-refractivity contribution in [2.24, 2.45) is 0 Å². The van der Waals surface area contributed by atoms with E-state index in [2.05, 4.69) is 53.2 Å². The zero-order chi connectivity index (χ0) is 19.6. The first-order valence-corrected chi connectivity index (χ1v) is 9.80. The predicted octanol–water partition coefficient (Wildman–Crippen LogP) is 6.48. The highest BCUT2D eigenvalue weighted by atomic mass is 79.9. The van der Waals surface area contributed by atoms with Crippen LogP contribution in [-0.2, 0) is 0 Å². The number of phenolic OH excluding ortho intramolecular Hbond substituents is 1. The molecule has 0 amide bonds. The van der Waals surface area contributed by atoms with Gasteiger partial charge in [-0.1, -0.05) is 57.9 Å². The third-order valence-electron chi connectivity index (χ3n) is 4.92. The standard InChI is InChI=1S/C24H23BrO2/c1-15-5-4-6-19(11-15)22(18-7-9-21(25)10-8-18)14-23(26)20-12-16(2)24(27)17(3)13-20/h4-13,22,27H,14H2,1-3H3. The van der Waals surface area contributed by atoms with E-state index in [0.717, 1.165) is 26.7 Å². The molecule has 0 bridgehead atoms. The number of rotatable bonds is 5. The van der Waals surface area contributed by atoms with E-state index >= 15 is 0 Å². The molecule has 0 aromatic heterocycles. The quantitative estimate of drug-likeness (QED) is 0.477. The topological polar surface area (TPSA) is 37.3 Å². The van der Waals surface area contributed by atoms with Gasteiger partial charge in [0.15, 0.2) is 5.78 Å². The highest BCUT2D eigenvalue weighted by Crippen LogP contribution is 2.32. The Labute approximate surface area is 169 Å². The molecule has 1 unspecified atom stereocenters. The number of Topliss-reactive ketones (excluding diaryl/α,β-unsaturated/α-hetero) is 1. The van der Waals surface area contributed by atoms with Crippen LogP contribution in [0.2, 0.25) is 0 Å². The van der Waals surface area contributed by atoms with Gasteiger partial charge >= 0.3 is 0 Å². The van der Waals surface area contributed by atoms with Crippen molar-refractivity contribution in [3.05, 3.63) is 98.5 Å².